The van der Waals surface area contributed by atoms with Gasteiger partial charge in [-0.3, -0.25) is 0 Å². The van der Waals surface area contributed by atoms with Gasteiger partial charge >= 0.3 is 0 Å². The third kappa shape index (κ3) is 1.67. The van der Waals surface area contributed by atoms with Crippen LogP contribution in [0, 0.1) is 0 Å². The molecule has 0 aromatic carbocycles. The molecule has 14 heavy (non-hydrogen) atoms. The molecule has 0 aromatic rings. The number of hydrogen-bond acceptors (Lipinski definition) is 3. The van der Waals surface area contributed by atoms with Crippen LogP contribution in [-0.2, 0) is 9.47 Å². The Kier molecular flexibility index (Phi) is 2.81. The summed E-state index contributed by atoms with van der Waals surface area (Å²) in [7, 11) is 1.74. The number of rotatable bonds is 2. The number of allylic oxidation sites excluding steroid dienone is 2. The molecule has 0 bridgehead atoms. The van der Waals surface area contributed by atoms with Gasteiger partial charge < -0.3 is 9.47 Å². The fraction of sp³-hybridized carbons (Fsp3) is 0.545. The molecule has 2 nitrogen and oxygen atoms in total. The van der Waals surface area contributed by atoms with E-state index < -0.39 is 0 Å². The van der Waals surface area contributed by atoms with E-state index in [1.165, 1.54) is 0 Å². The summed E-state index contributed by atoms with van der Waals surface area (Å²) in [6, 6.07) is 0. The van der Waals surface area contributed by atoms with Gasteiger partial charge in [-0.15, -0.1) is 0 Å². The predicted molar refractivity (Wildman–Crippen MR) is 59.6 cm³/mol. The SMILES string of the molecule is COC1(C2=CC(=S)CC=C2)CCOC1. The second-order valence-corrected chi connectivity index (χ2v) is 4.20. The van der Waals surface area contributed by atoms with E-state index in [0.29, 0.717) is 6.61 Å². The molecule has 0 N–H and O–H groups in total. The summed E-state index contributed by atoms with van der Waals surface area (Å²) in [5, 5.41) is 0. The minimum absolute atomic E-state index is 0.249. The van der Waals surface area contributed by atoms with Gasteiger partial charge in [0.2, 0.25) is 0 Å². The van der Waals surface area contributed by atoms with Gasteiger partial charge in [0.15, 0.2) is 0 Å². The van der Waals surface area contributed by atoms with Gasteiger partial charge in [0.25, 0.3) is 0 Å². The molecule has 2 rings (SSSR count). The molecule has 1 fully saturated rings. The predicted octanol–water partition coefficient (Wildman–Crippen LogP) is 2.05. The van der Waals surface area contributed by atoms with Crippen LogP contribution in [0.1, 0.15) is 12.8 Å². The monoisotopic (exact) mass is 210 g/mol. The lowest BCUT2D eigenvalue weighted by molar-refractivity contribution is 0.0152. The summed E-state index contributed by atoms with van der Waals surface area (Å²) < 4.78 is 11.0. The van der Waals surface area contributed by atoms with Crippen molar-refractivity contribution < 1.29 is 9.47 Å². The molecule has 1 atom stereocenters. The third-order valence-electron chi connectivity index (χ3n) is 2.84. The average Bonchev–Trinajstić information content (AvgIpc) is 2.67. The fourth-order valence-electron chi connectivity index (χ4n) is 1.92. The van der Waals surface area contributed by atoms with Crippen molar-refractivity contribution >= 4 is 17.1 Å². The van der Waals surface area contributed by atoms with Gasteiger partial charge in [-0.25, -0.2) is 0 Å². The number of ether oxygens (including phenoxy) is 2. The molecular weight excluding hydrogens is 196 g/mol. The van der Waals surface area contributed by atoms with Crippen molar-refractivity contribution in [2.45, 2.75) is 18.4 Å². The van der Waals surface area contributed by atoms with Crippen molar-refractivity contribution in [3.63, 3.8) is 0 Å². The molecular formula is C11H14O2S. The Balaban J connectivity index is 2.27. The smallest absolute Gasteiger partial charge is 0.118 e. The summed E-state index contributed by atoms with van der Waals surface area (Å²) in [5.41, 5.74) is 0.912. The van der Waals surface area contributed by atoms with Crippen molar-refractivity contribution in [1.29, 1.82) is 0 Å². The van der Waals surface area contributed by atoms with Crippen LogP contribution in [0.4, 0.5) is 0 Å². The quantitative estimate of drug-likeness (QED) is 0.650. The minimum Gasteiger partial charge on any atom is -0.378 e. The lowest BCUT2D eigenvalue weighted by Crippen LogP contribution is -2.34. The van der Waals surface area contributed by atoms with E-state index in [9.17, 15) is 0 Å². The van der Waals surface area contributed by atoms with E-state index >= 15 is 0 Å². The highest BCUT2D eigenvalue weighted by atomic mass is 32.1. The van der Waals surface area contributed by atoms with Crippen molar-refractivity contribution in [3.05, 3.63) is 23.8 Å². The summed E-state index contributed by atoms with van der Waals surface area (Å²) in [5.74, 6) is 0. The van der Waals surface area contributed by atoms with Crippen LogP contribution >= 0.6 is 12.2 Å². The Morgan fingerprint density at radius 1 is 1.57 bits per heavy atom. The largest absolute Gasteiger partial charge is 0.378 e. The van der Waals surface area contributed by atoms with Crippen molar-refractivity contribution in [3.8, 4) is 0 Å². The van der Waals surface area contributed by atoms with Gasteiger partial charge in [-0.1, -0.05) is 24.4 Å². The van der Waals surface area contributed by atoms with E-state index in [-0.39, 0.29) is 5.60 Å². The molecule has 0 aromatic heterocycles. The van der Waals surface area contributed by atoms with Crippen molar-refractivity contribution in [2.24, 2.45) is 0 Å². The number of thiocarbonyl (C=S) groups is 1. The lowest BCUT2D eigenvalue weighted by atomic mass is 9.89. The van der Waals surface area contributed by atoms with Crippen LogP contribution in [0.15, 0.2) is 23.8 Å². The van der Waals surface area contributed by atoms with E-state index in [1.807, 2.05) is 6.08 Å². The first-order valence-electron chi connectivity index (χ1n) is 4.81. The van der Waals surface area contributed by atoms with E-state index in [1.54, 1.807) is 7.11 Å². The van der Waals surface area contributed by atoms with Crippen molar-refractivity contribution in [1.82, 2.24) is 0 Å². The molecule has 1 saturated heterocycles. The summed E-state index contributed by atoms with van der Waals surface area (Å²) in [6.45, 7) is 1.41. The zero-order chi connectivity index (χ0) is 10.0. The zero-order valence-corrected chi connectivity index (χ0v) is 9.10. The fourth-order valence-corrected chi connectivity index (χ4v) is 2.14. The molecule has 1 unspecified atom stereocenters. The normalized spacial score (nSPS) is 32.1. The maximum atomic E-state index is 5.58. The number of hydrogen-bond donors (Lipinski definition) is 0. The Hall–Kier alpha value is -0.510. The second-order valence-electron chi connectivity index (χ2n) is 3.67. The second kappa shape index (κ2) is 3.93. The highest BCUT2D eigenvalue weighted by Crippen LogP contribution is 2.32. The molecule has 1 heterocycles. The molecule has 0 saturated carbocycles. The Morgan fingerprint density at radius 2 is 2.43 bits per heavy atom. The van der Waals surface area contributed by atoms with Gasteiger partial charge in [0.1, 0.15) is 5.60 Å². The summed E-state index contributed by atoms with van der Waals surface area (Å²) in [6.07, 6.45) is 8.04. The molecule has 0 radical (unpaired) electrons. The molecule has 3 heteroatoms. The van der Waals surface area contributed by atoms with E-state index in [2.05, 4.69) is 12.2 Å². The van der Waals surface area contributed by atoms with Gasteiger partial charge in [0, 0.05) is 31.4 Å². The maximum absolute atomic E-state index is 5.58. The highest BCUT2D eigenvalue weighted by Gasteiger charge is 2.38. The van der Waals surface area contributed by atoms with E-state index in [0.717, 1.165) is 29.9 Å². The zero-order valence-electron chi connectivity index (χ0n) is 8.29. The van der Waals surface area contributed by atoms with Crippen LogP contribution < -0.4 is 0 Å². The maximum Gasteiger partial charge on any atom is 0.118 e. The first-order chi connectivity index (χ1) is 6.77. The average molecular weight is 210 g/mol. The Morgan fingerprint density at radius 3 is 3.00 bits per heavy atom. The van der Waals surface area contributed by atoms with Crippen LogP contribution in [0.3, 0.4) is 0 Å². The molecule has 0 amide bonds. The molecule has 1 aliphatic heterocycles. The first kappa shape index (κ1) is 10.0. The van der Waals surface area contributed by atoms with Crippen LogP contribution in [0.25, 0.3) is 0 Å². The molecule has 1 aliphatic carbocycles. The molecule has 76 valence electrons. The van der Waals surface area contributed by atoms with Gasteiger partial charge in [0.05, 0.1) is 6.61 Å². The Bertz CT molecular complexity index is 298. The standard InChI is InChI=1S/C11H14O2S/c1-12-11(5-6-13-8-11)9-3-2-4-10(14)7-9/h2-3,7H,4-6,8H2,1H3. The summed E-state index contributed by atoms with van der Waals surface area (Å²) in [4.78, 5) is 0.978. The van der Waals surface area contributed by atoms with Crippen LogP contribution in [-0.4, -0.2) is 30.8 Å². The summed E-state index contributed by atoms with van der Waals surface area (Å²) >= 11 is 5.19. The minimum atomic E-state index is -0.249. The topological polar surface area (TPSA) is 18.5 Å². The number of methoxy groups -OCH3 is 1. The first-order valence-corrected chi connectivity index (χ1v) is 5.22. The third-order valence-corrected chi connectivity index (χ3v) is 3.12. The van der Waals surface area contributed by atoms with Crippen LogP contribution in [0.5, 0.6) is 0 Å². The van der Waals surface area contributed by atoms with Crippen LogP contribution in [0.2, 0.25) is 0 Å². The van der Waals surface area contributed by atoms with Gasteiger partial charge in [-0.2, -0.15) is 0 Å². The van der Waals surface area contributed by atoms with Gasteiger partial charge in [-0.05, 0) is 11.6 Å². The van der Waals surface area contributed by atoms with E-state index in [4.69, 9.17) is 21.7 Å². The highest BCUT2D eigenvalue weighted by molar-refractivity contribution is 7.80. The molecule has 0 spiro atoms. The molecule has 2 aliphatic rings. The Labute approximate surface area is 89.6 Å². The lowest BCUT2D eigenvalue weighted by Gasteiger charge is -2.28. The van der Waals surface area contributed by atoms with Crippen molar-refractivity contribution in [2.75, 3.05) is 20.3 Å².